The molecule has 16 heavy (non-hydrogen) atoms. The number of pyridine rings is 1. The van der Waals surface area contributed by atoms with Gasteiger partial charge >= 0.3 is 0 Å². The van der Waals surface area contributed by atoms with Gasteiger partial charge in [-0.15, -0.1) is 0 Å². The normalized spacial score (nSPS) is 12.9. The van der Waals surface area contributed by atoms with Gasteiger partial charge in [0.25, 0.3) is 0 Å². The molecule has 0 radical (unpaired) electrons. The van der Waals surface area contributed by atoms with Gasteiger partial charge in [0.15, 0.2) is 0 Å². The Balaban J connectivity index is 2.47. The molecule has 0 aliphatic heterocycles. The van der Waals surface area contributed by atoms with E-state index in [9.17, 15) is 0 Å². The average molecular weight is 215 g/mol. The second kappa shape index (κ2) is 7.00. The maximum Gasteiger partial charge on any atom is 0.0655 e. The molecule has 1 rings (SSSR count). The van der Waals surface area contributed by atoms with Crippen LogP contribution in [-0.2, 0) is 0 Å². The zero-order valence-electron chi connectivity index (χ0n) is 10.5. The topological polar surface area (TPSA) is 12.9 Å². The lowest BCUT2D eigenvalue weighted by molar-refractivity contribution is 0.997. The summed E-state index contributed by atoms with van der Waals surface area (Å²) in [5, 5.41) is 0. The van der Waals surface area contributed by atoms with Crippen LogP contribution in [0.1, 0.15) is 45.7 Å². The van der Waals surface area contributed by atoms with E-state index in [1.54, 1.807) is 0 Å². The van der Waals surface area contributed by atoms with Crippen LogP contribution >= 0.6 is 0 Å². The first kappa shape index (κ1) is 12.7. The van der Waals surface area contributed by atoms with E-state index < -0.39 is 0 Å². The SMILES string of the molecule is CC/C(C)=C\CC/C=C(\C)c1ccccn1. The number of nitrogens with zero attached hydrogens (tertiary/aromatic N) is 1. The molecule has 0 saturated carbocycles. The van der Waals surface area contributed by atoms with Crippen LogP contribution in [0.2, 0.25) is 0 Å². The van der Waals surface area contributed by atoms with Crippen LogP contribution in [-0.4, -0.2) is 4.98 Å². The Labute approximate surface area is 98.9 Å². The molecule has 0 unspecified atom stereocenters. The van der Waals surface area contributed by atoms with Crippen molar-refractivity contribution in [2.45, 2.75) is 40.0 Å². The van der Waals surface area contributed by atoms with Gasteiger partial charge in [-0.3, -0.25) is 4.98 Å². The van der Waals surface area contributed by atoms with Crippen molar-refractivity contribution in [1.82, 2.24) is 4.98 Å². The van der Waals surface area contributed by atoms with Crippen LogP contribution in [0.15, 0.2) is 42.1 Å². The molecule has 0 bridgehead atoms. The summed E-state index contributed by atoms with van der Waals surface area (Å²) in [7, 11) is 0. The molecule has 1 nitrogen and oxygen atoms in total. The van der Waals surface area contributed by atoms with Crippen LogP contribution in [0.25, 0.3) is 5.57 Å². The van der Waals surface area contributed by atoms with Crippen molar-refractivity contribution in [3.63, 3.8) is 0 Å². The zero-order chi connectivity index (χ0) is 11.8. The second-order valence-electron chi connectivity index (χ2n) is 4.08. The minimum Gasteiger partial charge on any atom is -0.257 e. The quantitative estimate of drug-likeness (QED) is 0.516. The number of hydrogen-bond acceptors (Lipinski definition) is 1. The van der Waals surface area contributed by atoms with Gasteiger partial charge in [-0.05, 0) is 50.8 Å². The summed E-state index contributed by atoms with van der Waals surface area (Å²) in [5.41, 5.74) is 3.82. The number of hydrogen-bond donors (Lipinski definition) is 0. The maximum atomic E-state index is 4.32. The van der Waals surface area contributed by atoms with E-state index in [-0.39, 0.29) is 0 Å². The van der Waals surface area contributed by atoms with Gasteiger partial charge in [0, 0.05) is 6.20 Å². The highest BCUT2D eigenvalue weighted by Crippen LogP contribution is 2.12. The van der Waals surface area contributed by atoms with Crippen molar-refractivity contribution in [3.05, 3.63) is 47.8 Å². The summed E-state index contributed by atoms with van der Waals surface area (Å²) in [4.78, 5) is 4.32. The predicted molar refractivity (Wildman–Crippen MR) is 71.2 cm³/mol. The molecule has 0 atom stereocenters. The molecule has 0 N–H and O–H groups in total. The van der Waals surface area contributed by atoms with Crippen LogP contribution in [0, 0.1) is 0 Å². The van der Waals surface area contributed by atoms with Gasteiger partial charge in [-0.1, -0.05) is 30.7 Å². The van der Waals surface area contributed by atoms with Crippen molar-refractivity contribution in [2.75, 3.05) is 0 Å². The van der Waals surface area contributed by atoms with Gasteiger partial charge < -0.3 is 0 Å². The predicted octanol–water partition coefficient (Wildman–Crippen LogP) is 4.62. The molecular formula is C15H21N. The van der Waals surface area contributed by atoms with E-state index in [4.69, 9.17) is 0 Å². The Morgan fingerprint density at radius 3 is 2.56 bits per heavy atom. The highest BCUT2D eigenvalue weighted by molar-refractivity contribution is 5.59. The Kier molecular flexibility index (Phi) is 5.55. The highest BCUT2D eigenvalue weighted by atomic mass is 14.7. The standard InChI is InChI=1S/C15H21N/c1-4-13(2)9-5-6-10-14(3)15-11-7-8-12-16-15/h7-12H,4-6H2,1-3H3/b13-9-,14-10+. The molecular weight excluding hydrogens is 194 g/mol. The monoisotopic (exact) mass is 215 g/mol. The lowest BCUT2D eigenvalue weighted by Crippen LogP contribution is -1.83. The largest absolute Gasteiger partial charge is 0.257 e. The number of allylic oxidation sites excluding steroid dienone is 4. The van der Waals surface area contributed by atoms with E-state index in [1.165, 1.54) is 11.1 Å². The van der Waals surface area contributed by atoms with Crippen LogP contribution in [0.3, 0.4) is 0 Å². The van der Waals surface area contributed by atoms with Crippen molar-refractivity contribution in [1.29, 1.82) is 0 Å². The molecule has 1 heteroatoms. The fourth-order valence-electron chi connectivity index (χ4n) is 1.47. The molecule has 1 aromatic rings. The molecule has 0 aliphatic rings. The van der Waals surface area contributed by atoms with E-state index >= 15 is 0 Å². The lowest BCUT2D eigenvalue weighted by atomic mass is 10.1. The van der Waals surface area contributed by atoms with Crippen molar-refractivity contribution in [2.24, 2.45) is 0 Å². The van der Waals surface area contributed by atoms with Crippen LogP contribution in [0.5, 0.6) is 0 Å². The van der Waals surface area contributed by atoms with E-state index in [0.29, 0.717) is 0 Å². The summed E-state index contributed by atoms with van der Waals surface area (Å²) in [6.45, 7) is 6.51. The molecule has 0 amide bonds. The van der Waals surface area contributed by atoms with E-state index in [2.05, 4.69) is 44.0 Å². The first-order valence-corrected chi connectivity index (χ1v) is 5.97. The first-order chi connectivity index (χ1) is 7.74. The van der Waals surface area contributed by atoms with E-state index in [1.807, 2.05) is 18.3 Å². The maximum absolute atomic E-state index is 4.32. The Bertz CT molecular complexity index is 360. The summed E-state index contributed by atoms with van der Waals surface area (Å²) in [5.74, 6) is 0. The molecule has 1 heterocycles. The molecule has 0 aromatic carbocycles. The Hall–Kier alpha value is -1.37. The molecule has 86 valence electrons. The lowest BCUT2D eigenvalue weighted by Gasteiger charge is -1.99. The third-order valence-electron chi connectivity index (χ3n) is 2.74. The summed E-state index contributed by atoms with van der Waals surface area (Å²) in [6.07, 6.45) is 9.81. The van der Waals surface area contributed by atoms with Crippen molar-refractivity contribution < 1.29 is 0 Å². The van der Waals surface area contributed by atoms with Crippen LogP contribution < -0.4 is 0 Å². The van der Waals surface area contributed by atoms with Gasteiger partial charge in [0.1, 0.15) is 0 Å². The molecule has 0 spiro atoms. The zero-order valence-corrected chi connectivity index (χ0v) is 10.5. The highest BCUT2D eigenvalue weighted by Gasteiger charge is 1.93. The summed E-state index contributed by atoms with van der Waals surface area (Å²) < 4.78 is 0. The minimum atomic E-state index is 1.08. The number of unbranched alkanes of at least 4 members (excludes halogenated alkanes) is 1. The van der Waals surface area contributed by atoms with Gasteiger partial charge in [-0.25, -0.2) is 0 Å². The summed E-state index contributed by atoms with van der Waals surface area (Å²) >= 11 is 0. The van der Waals surface area contributed by atoms with Crippen molar-refractivity contribution in [3.8, 4) is 0 Å². The fraction of sp³-hybridized carbons (Fsp3) is 0.400. The fourth-order valence-corrected chi connectivity index (χ4v) is 1.47. The Morgan fingerprint density at radius 1 is 1.19 bits per heavy atom. The van der Waals surface area contributed by atoms with Gasteiger partial charge in [0.2, 0.25) is 0 Å². The summed E-state index contributed by atoms with van der Waals surface area (Å²) in [6, 6.07) is 6.03. The smallest absolute Gasteiger partial charge is 0.0655 e. The second-order valence-corrected chi connectivity index (χ2v) is 4.08. The molecule has 0 saturated heterocycles. The third-order valence-corrected chi connectivity index (χ3v) is 2.74. The molecule has 0 aliphatic carbocycles. The van der Waals surface area contributed by atoms with Gasteiger partial charge in [0.05, 0.1) is 5.69 Å². The average Bonchev–Trinajstić information content (AvgIpc) is 2.35. The molecule has 0 fully saturated rings. The Morgan fingerprint density at radius 2 is 1.94 bits per heavy atom. The first-order valence-electron chi connectivity index (χ1n) is 5.97. The number of aromatic nitrogens is 1. The number of rotatable bonds is 5. The minimum absolute atomic E-state index is 1.08. The van der Waals surface area contributed by atoms with Crippen molar-refractivity contribution >= 4 is 5.57 Å². The van der Waals surface area contributed by atoms with E-state index in [0.717, 1.165) is 25.0 Å². The third kappa shape index (κ3) is 4.43. The van der Waals surface area contributed by atoms with Crippen LogP contribution in [0.4, 0.5) is 0 Å². The molecule has 1 aromatic heterocycles. The van der Waals surface area contributed by atoms with Gasteiger partial charge in [-0.2, -0.15) is 0 Å².